The van der Waals surface area contributed by atoms with Gasteiger partial charge in [-0.25, -0.2) is 4.98 Å². The lowest BCUT2D eigenvalue weighted by Gasteiger charge is -2.35. The SMILES string of the molecule is O=C(CC1CSc2nccc(=O)n21)N1CCN(Cc2ccccc2)CC1. The van der Waals surface area contributed by atoms with Crippen molar-refractivity contribution >= 4 is 17.7 Å². The lowest BCUT2D eigenvalue weighted by Crippen LogP contribution is -2.48. The molecule has 3 heterocycles. The van der Waals surface area contributed by atoms with Gasteiger partial charge in [-0.1, -0.05) is 42.1 Å². The third-order valence-corrected chi connectivity index (χ3v) is 6.11. The highest BCUT2D eigenvalue weighted by atomic mass is 32.2. The second-order valence-corrected chi connectivity index (χ2v) is 7.73. The quantitative estimate of drug-likeness (QED) is 0.766. The molecule has 0 spiro atoms. The molecule has 136 valence electrons. The van der Waals surface area contributed by atoms with Gasteiger partial charge in [0.2, 0.25) is 5.91 Å². The normalized spacial score (nSPS) is 20.2. The molecule has 1 aromatic carbocycles. The summed E-state index contributed by atoms with van der Waals surface area (Å²) in [7, 11) is 0. The van der Waals surface area contributed by atoms with Gasteiger partial charge in [-0.05, 0) is 5.56 Å². The maximum Gasteiger partial charge on any atom is 0.254 e. The molecule has 26 heavy (non-hydrogen) atoms. The van der Waals surface area contributed by atoms with Gasteiger partial charge in [0.05, 0.1) is 6.04 Å². The van der Waals surface area contributed by atoms with Crippen LogP contribution in [0.5, 0.6) is 0 Å². The van der Waals surface area contributed by atoms with Crippen molar-refractivity contribution in [2.24, 2.45) is 0 Å². The van der Waals surface area contributed by atoms with Crippen LogP contribution in [0.3, 0.4) is 0 Å². The summed E-state index contributed by atoms with van der Waals surface area (Å²) in [6.07, 6.45) is 1.92. The fourth-order valence-electron chi connectivity index (χ4n) is 3.57. The van der Waals surface area contributed by atoms with E-state index in [2.05, 4.69) is 34.1 Å². The molecule has 0 N–H and O–H groups in total. The van der Waals surface area contributed by atoms with Crippen LogP contribution in [0.4, 0.5) is 0 Å². The number of carbonyl (C=O) groups is 1. The van der Waals surface area contributed by atoms with E-state index in [-0.39, 0.29) is 17.5 Å². The first kappa shape index (κ1) is 17.3. The van der Waals surface area contributed by atoms with E-state index < -0.39 is 0 Å². The van der Waals surface area contributed by atoms with Crippen LogP contribution in [0.25, 0.3) is 0 Å². The molecule has 0 saturated carbocycles. The van der Waals surface area contributed by atoms with Crippen molar-refractivity contribution in [2.45, 2.75) is 24.2 Å². The Morgan fingerprint density at radius 2 is 1.88 bits per heavy atom. The zero-order valence-electron chi connectivity index (χ0n) is 14.6. The van der Waals surface area contributed by atoms with Crippen LogP contribution in [0.15, 0.2) is 52.5 Å². The number of carbonyl (C=O) groups excluding carboxylic acids is 1. The van der Waals surface area contributed by atoms with Crippen LogP contribution in [0.2, 0.25) is 0 Å². The van der Waals surface area contributed by atoms with Crippen LogP contribution in [-0.2, 0) is 11.3 Å². The predicted octanol–water partition coefficient (Wildman–Crippen LogP) is 1.62. The number of fused-ring (bicyclic) bond motifs is 1. The molecule has 2 aromatic rings. The second-order valence-electron chi connectivity index (χ2n) is 6.75. The Labute approximate surface area is 156 Å². The molecule has 1 atom stereocenters. The van der Waals surface area contributed by atoms with E-state index >= 15 is 0 Å². The van der Waals surface area contributed by atoms with Gasteiger partial charge >= 0.3 is 0 Å². The van der Waals surface area contributed by atoms with Gasteiger partial charge in [0.15, 0.2) is 5.16 Å². The van der Waals surface area contributed by atoms with Gasteiger partial charge in [-0.3, -0.25) is 19.1 Å². The highest BCUT2D eigenvalue weighted by Crippen LogP contribution is 2.31. The van der Waals surface area contributed by atoms with Crippen molar-refractivity contribution in [1.29, 1.82) is 0 Å². The fourth-order valence-corrected chi connectivity index (χ4v) is 4.69. The molecule has 0 aliphatic carbocycles. The zero-order chi connectivity index (χ0) is 17.9. The average molecular weight is 370 g/mol. The maximum atomic E-state index is 12.7. The Morgan fingerprint density at radius 3 is 2.65 bits per heavy atom. The molecule has 1 unspecified atom stereocenters. The molecule has 7 heteroatoms. The van der Waals surface area contributed by atoms with Crippen LogP contribution in [-0.4, -0.2) is 57.2 Å². The number of hydrogen-bond donors (Lipinski definition) is 0. The summed E-state index contributed by atoms with van der Waals surface area (Å²) in [5, 5.41) is 0.725. The highest BCUT2D eigenvalue weighted by molar-refractivity contribution is 7.99. The van der Waals surface area contributed by atoms with Crippen LogP contribution >= 0.6 is 11.8 Å². The van der Waals surface area contributed by atoms with Crippen LogP contribution in [0, 0.1) is 0 Å². The summed E-state index contributed by atoms with van der Waals surface area (Å²) in [5.41, 5.74) is 1.24. The Hall–Kier alpha value is -2.12. The van der Waals surface area contributed by atoms with E-state index in [0.717, 1.165) is 43.6 Å². The van der Waals surface area contributed by atoms with Crippen LogP contribution < -0.4 is 5.56 Å². The molecule has 2 aliphatic rings. The lowest BCUT2D eigenvalue weighted by molar-refractivity contribution is -0.133. The van der Waals surface area contributed by atoms with E-state index in [1.807, 2.05) is 11.0 Å². The molecular weight excluding hydrogens is 348 g/mol. The minimum atomic E-state index is -0.0777. The zero-order valence-corrected chi connectivity index (χ0v) is 15.4. The first-order valence-corrected chi connectivity index (χ1v) is 9.93. The summed E-state index contributed by atoms with van der Waals surface area (Å²) in [5.74, 6) is 0.880. The van der Waals surface area contributed by atoms with Crippen molar-refractivity contribution in [3.8, 4) is 0 Å². The van der Waals surface area contributed by atoms with E-state index in [4.69, 9.17) is 0 Å². The fraction of sp³-hybridized carbons (Fsp3) is 0.421. The number of rotatable bonds is 4. The van der Waals surface area contributed by atoms with Gasteiger partial charge in [-0.2, -0.15) is 0 Å². The van der Waals surface area contributed by atoms with Gasteiger partial charge in [-0.15, -0.1) is 0 Å². The first-order chi connectivity index (χ1) is 12.7. The molecule has 4 rings (SSSR count). The summed E-state index contributed by atoms with van der Waals surface area (Å²) < 4.78 is 1.67. The summed E-state index contributed by atoms with van der Waals surface area (Å²) in [6, 6.07) is 11.8. The van der Waals surface area contributed by atoms with Crippen molar-refractivity contribution in [3.05, 3.63) is 58.5 Å². The minimum Gasteiger partial charge on any atom is -0.340 e. The monoisotopic (exact) mass is 370 g/mol. The highest BCUT2D eigenvalue weighted by Gasteiger charge is 2.29. The van der Waals surface area contributed by atoms with Crippen molar-refractivity contribution in [1.82, 2.24) is 19.4 Å². The summed E-state index contributed by atoms with van der Waals surface area (Å²) >= 11 is 1.55. The largest absolute Gasteiger partial charge is 0.340 e. The van der Waals surface area contributed by atoms with Gasteiger partial charge in [0, 0.05) is 57.2 Å². The number of amides is 1. The number of thioether (sulfide) groups is 1. The minimum absolute atomic E-state index is 0.0644. The molecule has 2 aliphatic heterocycles. The van der Waals surface area contributed by atoms with Gasteiger partial charge < -0.3 is 4.90 Å². The van der Waals surface area contributed by atoms with E-state index in [1.165, 1.54) is 17.8 Å². The Balaban J connectivity index is 1.32. The van der Waals surface area contributed by atoms with Crippen molar-refractivity contribution in [3.63, 3.8) is 0 Å². The van der Waals surface area contributed by atoms with Crippen molar-refractivity contribution < 1.29 is 4.79 Å². The van der Waals surface area contributed by atoms with Crippen molar-refractivity contribution in [2.75, 3.05) is 31.9 Å². The standard InChI is InChI=1S/C19H22N4O2S/c24-17-6-7-20-19-23(17)16(14-26-19)12-18(25)22-10-8-21(9-11-22)13-15-4-2-1-3-5-15/h1-7,16H,8-14H2. The Kier molecular flexibility index (Phi) is 5.08. The smallest absolute Gasteiger partial charge is 0.254 e. The lowest BCUT2D eigenvalue weighted by atomic mass is 10.1. The number of piperazine rings is 1. The third kappa shape index (κ3) is 3.68. The molecule has 1 saturated heterocycles. The number of hydrogen-bond acceptors (Lipinski definition) is 5. The van der Waals surface area contributed by atoms with E-state index in [9.17, 15) is 9.59 Å². The second kappa shape index (κ2) is 7.63. The van der Waals surface area contributed by atoms with Gasteiger partial charge in [0.1, 0.15) is 0 Å². The topological polar surface area (TPSA) is 58.4 Å². The molecule has 6 nitrogen and oxygen atoms in total. The molecule has 0 radical (unpaired) electrons. The molecule has 1 fully saturated rings. The molecular formula is C19H22N4O2S. The first-order valence-electron chi connectivity index (χ1n) is 8.95. The summed E-state index contributed by atoms with van der Waals surface area (Å²) in [4.78, 5) is 33.3. The molecule has 1 amide bonds. The number of aromatic nitrogens is 2. The third-order valence-electron chi connectivity index (χ3n) is 5.00. The number of benzene rings is 1. The molecule has 0 bridgehead atoms. The van der Waals surface area contributed by atoms with Crippen LogP contribution in [0.1, 0.15) is 18.0 Å². The average Bonchev–Trinajstić information content (AvgIpc) is 3.07. The van der Waals surface area contributed by atoms with Gasteiger partial charge in [0.25, 0.3) is 5.56 Å². The van der Waals surface area contributed by atoms with E-state index in [1.54, 1.807) is 16.3 Å². The maximum absolute atomic E-state index is 12.7. The molecule has 1 aromatic heterocycles. The van der Waals surface area contributed by atoms with E-state index in [0.29, 0.717) is 6.42 Å². The summed E-state index contributed by atoms with van der Waals surface area (Å²) in [6.45, 7) is 4.20. The predicted molar refractivity (Wildman–Crippen MR) is 101 cm³/mol. The number of nitrogens with zero attached hydrogens (tertiary/aromatic N) is 4. The Bertz CT molecular complexity index is 831. The Morgan fingerprint density at radius 1 is 1.12 bits per heavy atom.